The summed E-state index contributed by atoms with van der Waals surface area (Å²) in [7, 11) is 0.357. The smallest absolute Gasteiger partial charge is 0.122 e. The van der Waals surface area contributed by atoms with Crippen LogP contribution in [0.5, 0.6) is 5.75 Å². The quantitative estimate of drug-likeness (QED) is 0.693. The Morgan fingerprint density at radius 2 is 1.96 bits per heavy atom. The molecule has 1 saturated heterocycles. The Hall–Kier alpha value is -0.620. The molecule has 6 heteroatoms. The molecule has 1 heterocycles. The Morgan fingerprint density at radius 3 is 2.48 bits per heavy atom. The first-order valence-corrected chi connectivity index (χ1v) is 11.7. The first-order valence-electron chi connectivity index (χ1n) is 10.1. The average molecular weight is 413 g/mol. The van der Waals surface area contributed by atoms with E-state index in [1.165, 1.54) is 24.8 Å². The van der Waals surface area contributed by atoms with Crippen LogP contribution >= 0.6 is 11.6 Å². The van der Waals surface area contributed by atoms with Gasteiger partial charge in [-0.1, -0.05) is 18.0 Å². The van der Waals surface area contributed by atoms with Crippen molar-refractivity contribution in [3.05, 3.63) is 28.3 Å². The molecule has 2 aliphatic rings. The number of methoxy groups -OCH3 is 1. The van der Waals surface area contributed by atoms with Crippen LogP contribution in [0.25, 0.3) is 0 Å². The molecule has 1 saturated carbocycles. The van der Waals surface area contributed by atoms with Crippen LogP contribution in [0.2, 0.25) is 5.02 Å². The van der Waals surface area contributed by atoms with Gasteiger partial charge in [-0.15, -0.1) is 0 Å². The third kappa shape index (κ3) is 4.69. The van der Waals surface area contributed by atoms with Crippen LogP contribution < -0.4 is 15.2 Å². The zero-order valence-electron chi connectivity index (χ0n) is 16.7. The monoisotopic (exact) mass is 412 g/mol. The number of nitrogens with two attached hydrogens (primary N) is 1. The van der Waals surface area contributed by atoms with Crippen LogP contribution in [0.3, 0.4) is 0 Å². The topological polar surface area (TPSA) is 64.3 Å². The maximum Gasteiger partial charge on any atom is 0.122 e. The summed E-state index contributed by atoms with van der Waals surface area (Å²) >= 11 is 6.73. The van der Waals surface area contributed by atoms with Crippen LogP contribution in [0.15, 0.2) is 12.1 Å². The highest BCUT2D eigenvalue weighted by Crippen LogP contribution is 2.47. The number of piperidine rings is 1. The predicted molar refractivity (Wildman–Crippen MR) is 114 cm³/mol. The molecule has 152 valence electrons. The molecule has 1 aromatic carbocycles. The molecular formula is C21H33ClN2O2S. The maximum absolute atomic E-state index is 12.1. The van der Waals surface area contributed by atoms with Crippen molar-refractivity contribution in [2.75, 3.05) is 20.2 Å². The zero-order valence-corrected chi connectivity index (χ0v) is 18.3. The first kappa shape index (κ1) is 21.1. The minimum atomic E-state index is -1.38. The van der Waals surface area contributed by atoms with Gasteiger partial charge in [0.25, 0.3) is 0 Å². The van der Waals surface area contributed by atoms with Gasteiger partial charge in [0, 0.05) is 5.02 Å². The van der Waals surface area contributed by atoms with Gasteiger partial charge in [0.1, 0.15) is 5.75 Å². The van der Waals surface area contributed by atoms with Crippen LogP contribution in [0.1, 0.15) is 75.3 Å². The average Bonchev–Trinajstić information content (AvgIpc) is 2.60. The molecule has 3 rings (SSSR count). The number of hydrogen-bond acceptors (Lipinski definition) is 3. The summed E-state index contributed by atoms with van der Waals surface area (Å²) in [6, 6.07) is 4.28. The molecule has 1 unspecified atom stereocenters. The molecule has 27 heavy (non-hydrogen) atoms. The third-order valence-electron chi connectivity index (χ3n) is 6.50. The molecule has 0 amide bonds. The van der Waals surface area contributed by atoms with E-state index >= 15 is 0 Å². The number of hydrogen-bond donors (Lipinski definition) is 2. The van der Waals surface area contributed by atoms with Gasteiger partial charge in [-0.05, 0) is 100 Å². The molecule has 0 radical (unpaired) electrons. The van der Waals surface area contributed by atoms with E-state index in [9.17, 15) is 4.21 Å². The summed E-state index contributed by atoms with van der Waals surface area (Å²) in [5.74, 6) is 2.22. The third-order valence-corrected chi connectivity index (χ3v) is 8.09. The summed E-state index contributed by atoms with van der Waals surface area (Å²) < 4.78 is 17.5. The number of nitrogens with one attached hydrogen (secondary N) is 1. The summed E-state index contributed by atoms with van der Waals surface area (Å²) in [6.45, 7) is 6.02. The molecule has 0 bridgehead atoms. The van der Waals surface area contributed by atoms with Crippen molar-refractivity contribution in [3.8, 4) is 5.75 Å². The molecule has 1 aliphatic heterocycles. The van der Waals surface area contributed by atoms with E-state index in [2.05, 4.69) is 17.4 Å². The number of benzene rings is 1. The van der Waals surface area contributed by atoms with Crippen molar-refractivity contribution in [2.24, 2.45) is 11.1 Å². The molecule has 3 N–H and O–H groups in total. The van der Waals surface area contributed by atoms with E-state index < -0.39 is 15.7 Å². The second-order valence-electron chi connectivity index (χ2n) is 8.70. The van der Waals surface area contributed by atoms with Crippen LogP contribution in [-0.4, -0.2) is 29.2 Å². The number of halogens is 1. The Bertz CT molecular complexity index is 685. The zero-order chi connectivity index (χ0) is 19.6. The van der Waals surface area contributed by atoms with E-state index in [1.807, 2.05) is 13.8 Å². The van der Waals surface area contributed by atoms with Gasteiger partial charge in [-0.2, -0.15) is 0 Å². The molecule has 2 atom stereocenters. The SMILES string of the molecule is COc1cc(C2CCC2)c(Cl)cc1[C@H](CC(C)(C)S(N)=O)C1CCNCC1. The van der Waals surface area contributed by atoms with E-state index in [1.54, 1.807) is 7.11 Å². The standard InChI is InChI=1S/C21H33ClN2O2S/c1-21(2,27(23)25)13-18(15-7-9-24-10-8-15)17-11-19(22)16(12-20(17)26-3)14-5-4-6-14/h11-12,14-15,18,24H,4-10,13,23H2,1-3H3/t18-,27?/m1/s1. The van der Waals surface area contributed by atoms with Gasteiger partial charge in [-0.25, -0.2) is 4.21 Å². The van der Waals surface area contributed by atoms with E-state index in [4.69, 9.17) is 21.5 Å². The summed E-state index contributed by atoms with van der Waals surface area (Å²) in [4.78, 5) is 0. The lowest BCUT2D eigenvalue weighted by Gasteiger charge is -2.37. The van der Waals surface area contributed by atoms with Crippen molar-refractivity contribution < 1.29 is 8.95 Å². The number of ether oxygens (including phenoxy) is 1. The fourth-order valence-corrected chi connectivity index (χ4v) is 5.14. The highest BCUT2D eigenvalue weighted by molar-refractivity contribution is 7.84. The lowest BCUT2D eigenvalue weighted by molar-refractivity contribution is 0.286. The largest absolute Gasteiger partial charge is 0.496 e. The van der Waals surface area contributed by atoms with Crippen LogP contribution in [0.4, 0.5) is 0 Å². The van der Waals surface area contributed by atoms with Gasteiger partial charge >= 0.3 is 0 Å². The van der Waals surface area contributed by atoms with Crippen molar-refractivity contribution in [3.63, 3.8) is 0 Å². The Kier molecular flexibility index (Phi) is 6.88. The van der Waals surface area contributed by atoms with Gasteiger partial charge in [-0.3, -0.25) is 5.14 Å². The molecule has 0 spiro atoms. The van der Waals surface area contributed by atoms with Crippen molar-refractivity contribution in [1.29, 1.82) is 0 Å². The molecule has 2 fully saturated rings. The fraction of sp³-hybridized carbons (Fsp3) is 0.714. The van der Waals surface area contributed by atoms with Crippen molar-refractivity contribution in [2.45, 2.75) is 69.0 Å². The second-order valence-corrected chi connectivity index (χ2v) is 10.8. The molecule has 4 nitrogen and oxygen atoms in total. The van der Waals surface area contributed by atoms with Crippen molar-refractivity contribution in [1.82, 2.24) is 5.32 Å². The fourth-order valence-electron chi connectivity index (χ4n) is 4.47. The van der Waals surface area contributed by atoms with Gasteiger partial charge in [0.05, 0.1) is 22.8 Å². The highest BCUT2D eigenvalue weighted by Gasteiger charge is 2.36. The molecule has 1 aromatic rings. The lowest BCUT2D eigenvalue weighted by atomic mass is 9.74. The Labute approximate surface area is 171 Å². The number of rotatable bonds is 7. The maximum atomic E-state index is 12.1. The Morgan fingerprint density at radius 1 is 1.30 bits per heavy atom. The van der Waals surface area contributed by atoms with Crippen LogP contribution in [0, 0.1) is 5.92 Å². The Balaban J connectivity index is 1.99. The minimum Gasteiger partial charge on any atom is -0.496 e. The van der Waals surface area contributed by atoms with E-state index in [-0.39, 0.29) is 5.92 Å². The molecule has 1 aliphatic carbocycles. The lowest BCUT2D eigenvalue weighted by Crippen LogP contribution is -2.38. The first-order chi connectivity index (χ1) is 12.8. The predicted octanol–water partition coefficient (Wildman–Crippen LogP) is 4.49. The summed E-state index contributed by atoms with van der Waals surface area (Å²) in [5, 5.41) is 10.1. The van der Waals surface area contributed by atoms with E-state index in [0.29, 0.717) is 11.8 Å². The highest BCUT2D eigenvalue weighted by atomic mass is 35.5. The van der Waals surface area contributed by atoms with Gasteiger partial charge < -0.3 is 10.1 Å². The minimum absolute atomic E-state index is 0.234. The molecule has 0 aromatic heterocycles. The van der Waals surface area contributed by atoms with Gasteiger partial charge in [0.2, 0.25) is 0 Å². The van der Waals surface area contributed by atoms with Crippen LogP contribution in [-0.2, 0) is 11.0 Å². The van der Waals surface area contributed by atoms with Gasteiger partial charge in [0.15, 0.2) is 0 Å². The summed E-state index contributed by atoms with van der Waals surface area (Å²) in [6.07, 6.45) is 6.65. The normalized spacial score (nSPS) is 21.5. The van der Waals surface area contributed by atoms with Crippen molar-refractivity contribution >= 4 is 22.6 Å². The second kappa shape index (κ2) is 8.81. The van der Waals surface area contributed by atoms with E-state index in [0.717, 1.165) is 48.7 Å². The summed E-state index contributed by atoms with van der Waals surface area (Å²) in [5.41, 5.74) is 2.37. The molecular weight excluding hydrogens is 380 g/mol.